The van der Waals surface area contributed by atoms with Crippen molar-refractivity contribution in [2.75, 3.05) is 13.2 Å². The standard InChI is InChI=1S/C19H22ClNO3/c1-13-4-6-16(7-5-13)23-11-15(3)21-19(22)12-24-17-8-9-18(20)14(2)10-17/h4-10,15H,11-12H2,1-3H3,(H,21,22). The molecule has 0 saturated carbocycles. The highest BCUT2D eigenvalue weighted by molar-refractivity contribution is 6.31. The highest BCUT2D eigenvalue weighted by Crippen LogP contribution is 2.20. The molecule has 2 rings (SSSR count). The summed E-state index contributed by atoms with van der Waals surface area (Å²) in [5, 5.41) is 3.52. The molecule has 24 heavy (non-hydrogen) atoms. The minimum absolute atomic E-state index is 0.0457. The van der Waals surface area contributed by atoms with Crippen LogP contribution in [0.4, 0.5) is 0 Å². The van der Waals surface area contributed by atoms with Crippen LogP contribution in [0.2, 0.25) is 5.02 Å². The Morgan fingerprint density at radius 1 is 1.08 bits per heavy atom. The molecule has 0 radical (unpaired) electrons. The summed E-state index contributed by atoms with van der Waals surface area (Å²) < 4.78 is 11.1. The Kier molecular flexibility index (Phi) is 6.50. The SMILES string of the molecule is Cc1ccc(OCC(C)NC(=O)COc2ccc(Cl)c(C)c2)cc1. The number of halogens is 1. The van der Waals surface area contributed by atoms with Crippen LogP contribution in [-0.2, 0) is 4.79 Å². The second-order valence-corrected chi connectivity index (χ2v) is 6.20. The smallest absolute Gasteiger partial charge is 0.258 e. The van der Waals surface area contributed by atoms with Crippen molar-refractivity contribution in [3.63, 3.8) is 0 Å². The lowest BCUT2D eigenvalue weighted by molar-refractivity contribution is -0.123. The predicted octanol–water partition coefficient (Wildman–Crippen LogP) is 3.92. The summed E-state index contributed by atoms with van der Waals surface area (Å²) in [6, 6.07) is 13.0. The number of aryl methyl sites for hydroxylation is 2. The molecular formula is C19H22ClNO3. The fraction of sp³-hybridized carbons (Fsp3) is 0.316. The van der Waals surface area contributed by atoms with E-state index in [1.165, 1.54) is 5.56 Å². The van der Waals surface area contributed by atoms with E-state index in [1.807, 2.05) is 45.0 Å². The Morgan fingerprint density at radius 2 is 1.75 bits per heavy atom. The third-order valence-electron chi connectivity index (χ3n) is 3.43. The Hall–Kier alpha value is -2.20. The van der Waals surface area contributed by atoms with E-state index in [0.717, 1.165) is 11.3 Å². The van der Waals surface area contributed by atoms with Crippen LogP contribution < -0.4 is 14.8 Å². The van der Waals surface area contributed by atoms with Crippen molar-refractivity contribution >= 4 is 17.5 Å². The van der Waals surface area contributed by atoms with E-state index >= 15 is 0 Å². The first-order valence-corrected chi connectivity index (χ1v) is 8.19. The normalized spacial score (nSPS) is 11.7. The number of hydrogen-bond acceptors (Lipinski definition) is 3. The largest absolute Gasteiger partial charge is 0.491 e. The summed E-state index contributed by atoms with van der Waals surface area (Å²) >= 11 is 5.96. The van der Waals surface area contributed by atoms with Crippen LogP contribution in [0.3, 0.4) is 0 Å². The summed E-state index contributed by atoms with van der Waals surface area (Å²) in [4.78, 5) is 11.9. The van der Waals surface area contributed by atoms with E-state index < -0.39 is 0 Å². The highest BCUT2D eigenvalue weighted by Gasteiger charge is 2.09. The summed E-state index contributed by atoms with van der Waals surface area (Å²) in [7, 11) is 0. The molecule has 0 aliphatic heterocycles. The average Bonchev–Trinajstić information content (AvgIpc) is 2.55. The van der Waals surface area contributed by atoms with Gasteiger partial charge in [0.15, 0.2) is 6.61 Å². The minimum Gasteiger partial charge on any atom is -0.491 e. The van der Waals surface area contributed by atoms with E-state index in [0.29, 0.717) is 17.4 Å². The Bertz CT molecular complexity index is 686. The monoisotopic (exact) mass is 347 g/mol. The zero-order valence-electron chi connectivity index (χ0n) is 14.1. The van der Waals surface area contributed by atoms with E-state index in [1.54, 1.807) is 18.2 Å². The maximum Gasteiger partial charge on any atom is 0.258 e. The van der Waals surface area contributed by atoms with Crippen molar-refractivity contribution in [2.45, 2.75) is 26.8 Å². The van der Waals surface area contributed by atoms with Crippen molar-refractivity contribution in [3.8, 4) is 11.5 Å². The van der Waals surface area contributed by atoms with Crippen molar-refractivity contribution in [2.24, 2.45) is 0 Å². The molecule has 2 aromatic rings. The fourth-order valence-electron chi connectivity index (χ4n) is 2.07. The molecule has 0 fully saturated rings. The van der Waals surface area contributed by atoms with Gasteiger partial charge < -0.3 is 14.8 Å². The highest BCUT2D eigenvalue weighted by atomic mass is 35.5. The molecule has 0 aliphatic carbocycles. The van der Waals surface area contributed by atoms with Gasteiger partial charge in [-0.05, 0) is 56.7 Å². The minimum atomic E-state index is -0.192. The molecule has 1 amide bonds. The average molecular weight is 348 g/mol. The molecule has 0 aliphatic rings. The molecule has 0 aromatic heterocycles. The second kappa shape index (κ2) is 8.60. The molecule has 0 heterocycles. The quantitative estimate of drug-likeness (QED) is 0.825. The van der Waals surface area contributed by atoms with Gasteiger partial charge in [-0.25, -0.2) is 0 Å². The third-order valence-corrected chi connectivity index (χ3v) is 3.85. The van der Waals surface area contributed by atoms with Crippen LogP contribution in [0.25, 0.3) is 0 Å². The third kappa shape index (κ3) is 5.78. The van der Waals surface area contributed by atoms with E-state index in [-0.39, 0.29) is 18.6 Å². The molecule has 4 nitrogen and oxygen atoms in total. The molecule has 2 aromatic carbocycles. The first-order chi connectivity index (χ1) is 11.4. The van der Waals surface area contributed by atoms with E-state index in [9.17, 15) is 4.79 Å². The Labute approximate surface area is 147 Å². The molecule has 1 unspecified atom stereocenters. The van der Waals surface area contributed by atoms with Crippen LogP contribution in [0.15, 0.2) is 42.5 Å². The van der Waals surface area contributed by atoms with Gasteiger partial charge in [0.1, 0.15) is 18.1 Å². The first kappa shape index (κ1) is 18.1. The van der Waals surface area contributed by atoms with Gasteiger partial charge in [-0.15, -0.1) is 0 Å². The van der Waals surface area contributed by atoms with Crippen molar-refractivity contribution in [1.82, 2.24) is 5.32 Å². The molecule has 0 spiro atoms. The predicted molar refractivity (Wildman–Crippen MR) is 96.0 cm³/mol. The maximum atomic E-state index is 11.9. The van der Waals surface area contributed by atoms with Gasteiger partial charge in [0.25, 0.3) is 5.91 Å². The van der Waals surface area contributed by atoms with Crippen LogP contribution in [0, 0.1) is 13.8 Å². The molecular weight excluding hydrogens is 326 g/mol. The zero-order chi connectivity index (χ0) is 17.5. The number of rotatable bonds is 7. The molecule has 5 heteroatoms. The number of hydrogen-bond donors (Lipinski definition) is 1. The summed E-state index contributed by atoms with van der Waals surface area (Å²) in [6.45, 7) is 6.15. The molecule has 1 atom stereocenters. The van der Waals surface area contributed by atoms with Crippen LogP contribution >= 0.6 is 11.6 Å². The molecule has 0 bridgehead atoms. The van der Waals surface area contributed by atoms with Gasteiger partial charge in [-0.3, -0.25) is 4.79 Å². The number of amides is 1. The molecule has 1 N–H and O–H groups in total. The number of carbonyl (C=O) groups is 1. The number of carbonyl (C=O) groups excluding carboxylic acids is 1. The topological polar surface area (TPSA) is 47.6 Å². The van der Waals surface area contributed by atoms with Crippen LogP contribution in [0.5, 0.6) is 11.5 Å². The van der Waals surface area contributed by atoms with Gasteiger partial charge in [0.05, 0.1) is 6.04 Å². The second-order valence-electron chi connectivity index (χ2n) is 5.79. The Balaban J connectivity index is 1.72. The van der Waals surface area contributed by atoms with Gasteiger partial charge in [0, 0.05) is 5.02 Å². The van der Waals surface area contributed by atoms with E-state index in [4.69, 9.17) is 21.1 Å². The zero-order valence-corrected chi connectivity index (χ0v) is 14.9. The summed E-state index contributed by atoms with van der Waals surface area (Å²) in [5.41, 5.74) is 2.09. The molecule has 0 saturated heterocycles. The van der Waals surface area contributed by atoms with Crippen molar-refractivity contribution < 1.29 is 14.3 Å². The maximum absolute atomic E-state index is 11.9. The van der Waals surface area contributed by atoms with Crippen molar-refractivity contribution in [1.29, 1.82) is 0 Å². The fourth-order valence-corrected chi connectivity index (χ4v) is 2.19. The molecule has 128 valence electrons. The van der Waals surface area contributed by atoms with Gasteiger partial charge >= 0.3 is 0 Å². The lowest BCUT2D eigenvalue weighted by Crippen LogP contribution is -2.39. The van der Waals surface area contributed by atoms with Crippen LogP contribution in [-0.4, -0.2) is 25.2 Å². The lowest BCUT2D eigenvalue weighted by Gasteiger charge is -2.15. The Morgan fingerprint density at radius 3 is 2.42 bits per heavy atom. The summed E-state index contributed by atoms with van der Waals surface area (Å²) in [6.07, 6.45) is 0. The number of nitrogens with one attached hydrogen (secondary N) is 1. The van der Waals surface area contributed by atoms with E-state index in [2.05, 4.69) is 5.32 Å². The van der Waals surface area contributed by atoms with Gasteiger partial charge in [0.2, 0.25) is 0 Å². The van der Waals surface area contributed by atoms with Crippen molar-refractivity contribution in [3.05, 3.63) is 58.6 Å². The number of ether oxygens (including phenoxy) is 2. The summed E-state index contributed by atoms with van der Waals surface area (Å²) in [5.74, 6) is 1.22. The first-order valence-electron chi connectivity index (χ1n) is 7.82. The van der Waals surface area contributed by atoms with Gasteiger partial charge in [-0.1, -0.05) is 29.3 Å². The van der Waals surface area contributed by atoms with Crippen LogP contribution in [0.1, 0.15) is 18.1 Å². The lowest BCUT2D eigenvalue weighted by atomic mass is 10.2. The van der Waals surface area contributed by atoms with Gasteiger partial charge in [-0.2, -0.15) is 0 Å². The number of benzene rings is 2.